The predicted octanol–water partition coefficient (Wildman–Crippen LogP) is 4.83. The Morgan fingerprint density at radius 1 is 1.17 bits per heavy atom. The molecule has 0 saturated heterocycles. The van der Waals surface area contributed by atoms with Crippen molar-refractivity contribution in [3.8, 4) is 11.5 Å². The van der Waals surface area contributed by atoms with Crippen molar-refractivity contribution in [1.29, 1.82) is 0 Å². The lowest BCUT2D eigenvalue weighted by Crippen LogP contribution is -2.46. The molecule has 0 aliphatic carbocycles. The number of amides is 1. The van der Waals surface area contributed by atoms with Crippen molar-refractivity contribution in [3.63, 3.8) is 0 Å². The molecule has 2 aromatic heterocycles. The van der Waals surface area contributed by atoms with Crippen LogP contribution in [0.5, 0.6) is 11.5 Å². The number of carbonyl (C=O) groups is 1. The molecule has 1 aliphatic heterocycles. The number of rotatable bonds is 4. The van der Waals surface area contributed by atoms with Gasteiger partial charge in [-0.05, 0) is 42.0 Å². The van der Waals surface area contributed by atoms with Crippen LogP contribution in [-0.2, 0) is 11.3 Å². The van der Waals surface area contributed by atoms with Crippen LogP contribution in [0.15, 0.2) is 71.5 Å². The summed E-state index contributed by atoms with van der Waals surface area (Å²) in [5.74, 6) is 1.01. The fourth-order valence-corrected chi connectivity index (χ4v) is 4.75. The lowest BCUT2D eigenvalue weighted by molar-refractivity contribution is -0.127. The highest BCUT2D eigenvalue weighted by Crippen LogP contribution is 2.34. The molecule has 1 atom stereocenters. The molecule has 1 aliphatic rings. The average Bonchev–Trinajstić information content (AvgIpc) is 3.20. The van der Waals surface area contributed by atoms with Crippen LogP contribution in [0.25, 0.3) is 10.2 Å². The van der Waals surface area contributed by atoms with Crippen molar-refractivity contribution in [2.75, 3.05) is 11.5 Å². The molecule has 0 spiro atoms. The van der Waals surface area contributed by atoms with Crippen LogP contribution in [0.4, 0.5) is 5.13 Å². The first-order valence-electron chi connectivity index (χ1n) is 9.32. The van der Waals surface area contributed by atoms with Gasteiger partial charge in [-0.2, -0.15) is 0 Å². The molecular formula is C22H16BrN3O3S. The Kier molecular flexibility index (Phi) is 5.10. The number of ether oxygens (including phenoxy) is 2. The maximum absolute atomic E-state index is 13.5. The molecule has 3 heterocycles. The lowest BCUT2D eigenvalue weighted by atomic mass is 10.2. The highest BCUT2D eigenvalue weighted by Gasteiger charge is 2.33. The number of benzene rings is 2. The van der Waals surface area contributed by atoms with Gasteiger partial charge in [-0.15, -0.1) is 0 Å². The van der Waals surface area contributed by atoms with Crippen LogP contribution < -0.4 is 14.4 Å². The molecule has 6 nitrogen and oxygen atoms in total. The SMILES string of the molecule is O=C(C1COc2ccccc2O1)N(Cc1cccnc1)c1nc2ccc(Br)cc2s1. The van der Waals surface area contributed by atoms with Crippen LogP contribution in [0, 0.1) is 0 Å². The van der Waals surface area contributed by atoms with E-state index in [1.165, 1.54) is 11.3 Å². The van der Waals surface area contributed by atoms with E-state index in [1.54, 1.807) is 23.4 Å². The first-order valence-corrected chi connectivity index (χ1v) is 10.9. The molecule has 0 saturated carbocycles. The van der Waals surface area contributed by atoms with Crippen molar-refractivity contribution >= 4 is 48.5 Å². The Morgan fingerprint density at radius 2 is 2.03 bits per heavy atom. The maximum Gasteiger partial charge on any atom is 0.273 e. The van der Waals surface area contributed by atoms with Gasteiger partial charge in [-0.1, -0.05) is 45.5 Å². The van der Waals surface area contributed by atoms with E-state index in [9.17, 15) is 4.79 Å². The largest absolute Gasteiger partial charge is 0.485 e. The molecule has 2 aromatic carbocycles. The fourth-order valence-electron chi connectivity index (χ4n) is 3.23. The van der Waals surface area contributed by atoms with E-state index in [2.05, 4.69) is 20.9 Å². The van der Waals surface area contributed by atoms with Gasteiger partial charge in [0.1, 0.15) is 6.61 Å². The monoisotopic (exact) mass is 481 g/mol. The number of thiazole rings is 1. The van der Waals surface area contributed by atoms with Crippen molar-refractivity contribution in [1.82, 2.24) is 9.97 Å². The van der Waals surface area contributed by atoms with Crippen LogP contribution >= 0.6 is 27.3 Å². The molecule has 30 heavy (non-hydrogen) atoms. The fraction of sp³-hybridized carbons (Fsp3) is 0.136. The van der Waals surface area contributed by atoms with E-state index in [-0.39, 0.29) is 12.5 Å². The van der Waals surface area contributed by atoms with Gasteiger partial charge < -0.3 is 9.47 Å². The van der Waals surface area contributed by atoms with E-state index < -0.39 is 6.10 Å². The Morgan fingerprint density at radius 3 is 2.87 bits per heavy atom. The van der Waals surface area contributed by atoms with Gasteiger partial charge >= 0.3 is 0 Å². The van der Waals surface area contributed by atoms with E-state index in [4.69, 9.17) is 14.5 Å². The van der Waals surface area contributed by atoms with Crippen LogP contribution in [0.3, 0.4) is 0 Å². The molecule has 8 heteroatoms. The molecule has 0 radical (unpaired) electrons. The Bertz CT molecular complexity index is 1210. The highest BCUT2D eigenvalue weighted by molar-refractivity contribution is 9.10. The summed E-state index contributed by atoms with van der Waals surface area (Å²) < 4.78 is 13.7. The number of hydrogen-bond donors (Lipinski definition) is 0. The number of nitrogens with zero attached hydrogens (tertiary/aromatic N) is 3. The summed E-state index contributed by atoms with van der Waals surface area (Å²) in [6.45, 7) is 0.491. The Hall–Kier alpha value is -2.97. The number of hydrogen-bond acceptors (Lipinski definition) is 6. The van der Waals surface area contributed by atoms with Crippen molar-refractivity contribution in [2.45, 2.75) is 12.6 Å². The average molecular weight is 482 g/mol. The second-order valence-corrected chi connectivity index (χ2v) is 8.68. The van der Waals surface area contributed by atoms with Gasteiger partial charge in [0.2, 0.25) is 6.10 Å². The molecule has 5 rings (SSSR count). The van der Waals surface area contributed by atoms with Crippen LogP contribution in [0.1, 0.15) is 5.56 Å². The third-order valence-corrected chi connectivity index (χ3v) is 6.22. The summed E-state index contributed by atoms with van der Waals surface area (Å²) in [7, 11) is 0. The van der Waals surface area contributed by atoms with Gasteiger partial charge in [0, 0.05) is 16.9 Å². The minimum Gasteiger partial charge on any atom is -0.485 e. The minimum atomic E-state index is -0.754. The predicted molar refractivity (Wildman–Crippen MR) is 119 cm³/mol. The zero-order chi connectivity index (χ0) is 20.5. The molecule has 4 aromatic rings. The minimum absolute atomic E-state index is 0.149. The normalized spacial score (nSPS) is 15.2. The summed E-state index contributed by atoms with van der Waals surface area (Å²) in [6.07, 6.45) is 2.70. The number of anilines is 1. The molecule has 0 bridgehead atoms. The maximum atomic E-state index is 13.5. The second-order valence-electron chi connectivity index (χ2n) is 6.76. The third kappa shape index (κ3) is 3.76. The third-order valence-electron chi connectivity index (χ3n) is 4.68. The summed E-state index contributed by atoms with van der Waals surface area (Å²) in [5, 5.41) is 0.611. The van der Waals surface area contributed by atoms with E-state index in [0.717, 1.165) is 20.3 Å². The van der Waals surface area contributed by atoms with E-state index in [0.29, 0.717) is 23.2 Å². The quantitative estimate of drug-likeness (QED) is 0.417. The number of aromatic nitrogens is 2. The number of halogens is 1. The number of carbonyl (C=O) groups excluding carboxylic acids is 1. The second kappa shape index (κ2) is 8.04. The van der Waals surface area contributed by atoms with Crippen molar-refractivity contribution in [3.05, 3.63) is 77.0 Å². The summed E-state index contributed by atoms with van der Waals surface area (Å²) in [6, 6.07) is 17.0. The van der Waals surface area contributed by atoms with Crippen molar-refractivity contribution < 1.29 is 14.3 Å². The topological polar surface area (TPSA) is 64.6 Å². The standard InChI is InChI=1S/C22H16BrN3O3S/c23-15-7-8-16-20(10-15)30-22(25-16)26(12-14-4-3-9-24-11-14)21(27)19-13-28-17-5-1-2-6-18(17)29-19/h1-11,19H,12-13H2. The summed E-state index contributed by atoms with van der Waals surface area (Å²) in [4.78, 5) is 24.0. The Labute approximate surface area is 185 Å². The van der Waals surface area contributed by atoms with Crippen LogP contribution in [-0.4, -0.2) is 28.6 Å². The lowest BCUT2D eigenvalue weighted by Gasteiger charge is -2.29. The van der Waals surface area contributed by atoms with Gasteiger partial charge in [0.15, 0.2) is 16.6 Å². The van der Waals surface area contributed by atoms with Gasteiger partial charge in [0.25, 0.3) is 5.91 Å². The van der Waals surface area contributed by atoms with Crippen molar-refractivity contribution in [2.24, 2.45) is 0 Å². The van der Waals surface area contributed by atoms with E-state index >= 15 is 0 Å². The summed E-state index contributed by atoms with van der Waals surface area (Å²) >= 11 is 4.96. The Balaban J connectivity index is 1.49. The van der Waals surface area contributed by atoms with Crippen LogP contribution in [0.2, 0.25) is 0 Å². The van der Waals surface area contributed by atoms with E-state index in [1.807, 2.05) is 48.5 Å². The zero-order valence-electron chi connectivity index (χ0n) is 15.7. The molecule has 1 amide bonds. The zero-order valence-corrected chi connectivity index (χ0v) is 18.1. The van der Waals surface area contributed by atoms with Gasteiger partial charge in [0.05, 0.1) is 16.8 Å². The highest BCUT2D eigenvalue weighted by atomic mass is 79.9. The molecular weight excluding hydrogens is 466 g/mol. The first-order chi connectivity index (χ1) is 14.7. The van der Waals surface area contributed by atoms with Gasteiger partial charge in [-0.3, -0.25) is 14.7 Å². The molecule has 1 unspecified atom stereocenters. The molecule has 0 N–H and O–H groups in total. The molecule has 150 valence electrons. The number of pyridine rings is 1. The van der Waals surface area contributed by atoms with Gasteiger partial charge in [-0.25, -0.2) is 4.98 Å². The molecule has 0 fully saturated rings. The number of para-hydroxylation sites is 2. The summed E-state index contributed by atoms with van der Waals surface area (Å²) in [5.41, 5.74) is 1.75. The smallest absolute Gasteiger partial charge is 0.273 e. The number of fused-ring (bicyclic) bond motifs is 2. The first kappa shape index (κ1) is 19.0.